The van der Waals surface area contributed by atoms with Gasteiger partial charge in [-0.1, -0.05) is 0 Å². The Morgan fingerprint density at radius 2 is 1.70 bits per heavy atom. The fraction of sp³-hybridized carbons (Fsp3) is 0.267. The van der Waals surface area contributed by atoms with Gasteiger partial charge >= 0.3 is 12.1 Å². The number of amides is 1. The first-order valence-corrected chi connectivity index (χ1v) is 12.7. The molecular formula is C30H24F5NO4. The molecule has 1 fully saturated rings. The molecule has 1 N–H and O–H groups in total. The van der Waals surface area contributed by atoms with Crippen molar-refractivity contribution >= 4 is 28.7 Å². The molecule has 10 heteroatoms. The third kappa shape index (κ3) is 5.57. The van der Waals surface area contributed by atoms with Gasteiger partial charge in [0.25, 0.3) is 0 Å². The molecule has 3 aromatic carbocycles. The molecule has 5 nitrogen and oxygen atoms in total. The summed E-state index contributed by atoms with van der Waals surface area (Å²) in [6, 6.07) is 10.5. The van der Waals surface area contributed by atoms with Gasteiger partial charge in [0.2, 0.25) is 5.91 Å². The van der Waals surface area contributed by atoms with Gasteiger partial charge in [0.05, 0.1) is 11.1 Å². The van der Waals surface area contributed by atoms with E-state index in [1.165, 1.54) is 29.2 Å². The number of halogens is 5. The quantitative estimate of drug-likeness (QED) is 0.306. The fourth-order valence-corrected chi connectivity index (χ4v) is 5.21. The predicted molar refractivity (Wildman–Crippen MR) is 138 cm³/mol. The zero-order valence-corrected chi connectivity index (χ0v) is 21.2. The molecule has 0 bridgehead atoms. The number of rotatable bonds is 7. The summed E-state index contributed by atoms with van der Waals surface area (Å²) in [7, 11) is 0. The number of carboxylic acids is 1. The minimum absolute atomic E-state index is 0.0296. The number of carboxylic acid groups (broad SMARTS) is 1. The SMILES string of the molecule is O=C(O)c1cc(C2=C(c3cc(C(F)(F)F)ccc3OCc3ccc(F)cc3F)CCC2)cc(N2CCCC2=O)c1. The number of alkyl halides is 3. The minimum atomic E-state index is -4.64. The molecule has 2 aliphatic rings. The van der Waals surface area contributed by atoms with E-state index in [0.717, 1.165) is 18.2 Å². The van der Waals surface area contributed by atoms with E-state index in [1.807, 2.05) is 0 Å². The summed E-state index contributed by atoms with van der Waals surface area (Å²) >= 11 is 0. The van der Waals surface area contributed by atoms with Crippen LogP contribution in [-0.4, -0.2) is 23.5 Å². The monoisotopic (exact) mass is 557 g/mol. The van der Waals surface area contributed by atoms with E-state index < -0.39 is 29.3 Å². The molecule has 3 aromatic rings. The largest absolute Gasteiger partial charge is 0.488 e. The number of nitrogens with zero attached hydrogens (tertiary/aromatic N) is 1. The highest BCUT2D eigenvalue weighted by atomic mass is 19.4. The van der Waals surface area contributed by atoms with Crippen molar-refractivity contribution in [2.24, 2.45) is 0 Å². The highest BCUT2D eigenvalue weighted by Crippen LogP contribution is 2.45. The van der Waals surface area contributed by atoms with E-state index in [1.54, 1.807) is 6.07 Å². The number of hydrogen-bond acceptors (Lipinski definition) is 3. The standard InChI is InChI=1S/C30H24F5NO4/c31-21-8-6-17(26(32)15-21)16-40-27-9-7-20(30(33,34)35)14-25(27)24-4-1-3-23(24)18-11-19(29(38)39)13-22(12-18)36-10-2-5-28(36)37/h6-9,11-15H,1-5,10,16H2,(H,38,39). The van der Waals surface area contributed by atoms with Crippen LogP contribution in [0.15, 0.2) is 54.6 Å². The molecule has 5 rings (SSSR count). The van der Waals surface area contributed by atoms with Gasteiger partial charge < -0.3 is 14.7 Å². The number of carbonyl (C=O) groups is 2. The highest BCUT2D eigenvalue weighted by molar-refractivity contribution is 6.01. The number of anilines is 1. The first-order chi connectivity index (χ1) is 19.0. The normalized spacial score (nSPS) is 15.7. The molecule has 0 spiro atoms. The highest BCUT2D eigenvalue weighted by Gasteiger charge is 2.33. The molecule has 40 heavy (non-hydrogen) atoms. The van der Waals surface area contributed by atoms with Crippen molar-refractivity contribution in [3.05, 3.63) is 94.0 Å². The summed E-state index contributed by atoms with van der Waals surface area (Å²) in [6.07, 6.45) is -2.19. The van der Waals surface area contributed by atoms with Crippen LogP contribution in [0.1, 0.15) is 64.7 Å². The van der Waals surface area contributed by atoms with Gasteiger partial charge in [-0.2, -0.15) is 13.2 Å². The predicted octanol–water partition coefficient (Wildman–Crippen LogP) is 7.48. The maximum absolute atomic E-state index is 14.2. The molecule has 1 heterocycles. The van der Waals surface area contributed by atoms with E-state index in [9.17, 15) is 36.6 Å². The number of allylic oxidation sites excluding steroid dienone is 2. The van der Waals surface area contributed by atoms with Gasteiger partial charge in [0, 0.05) is 35.8 Å². The van der Waals surface area contributed by atoms with Gasteiger partial charge in [-0.05, 0) is 90.9 Å². The third-order valence-corrected chi connectivity index (χ3v) is 7.15. The van der Waals surface area contributed by atoms with E-state index in [4.69, 9.17) is 4.74 Å². The Kier molecular flexibility index (Phi) is 7.35. The molecule has 0 saturated carbocycles. The van der Waals surface area contributed by atoms with Crippen molar-refractivity contribution in [3.63, 3.8) is 0 Å². The van der Waals surface area contributed by atoms with Crippen molar-refractivity contribution in [3.8, 4) is 5.75 Å². The van der Waals surface area contributed by atoms with Crippen molar-refractivity contribution in [2.45, 2.75) is 44.9 Å². The van der Waals surface area contributed by atoms with Crippen LogP contribution in [0.3, 0.4) is 0 Å². The van der Waals surface area contributed by atoms with E-state index in [-0.39, 0.29) is 35.0 Å². The van der Waals surface area contributed by atoms with Gasteiger partial charge in [0.15, 0.2) is 0 Å². The Bertz CT molecular complexity index is 1530. The summed E-state index contributed by atoms with van der Waals surface area (Å²) in [4.78, 5) is 25.8. The molecule has 0 atom stereocenters. The molecule has 0 radical (unpaired) electrons. The lowest BCUT2D eigenvalue weighted by Crippen LogP contribution is -2.24. The lowest BCUT2D eigenvalue weighted by molar-refractivity contribution is -0.137. The third-order valence-electron chi connectivity index (χ3n) is 7.15. The van der Waals surface area contributed by atoms with E-state index >= 15 is 0 Å². The Hall–Kier alpha value is -4.21. The molecular weight excluding hydrogens is 533 g/mol. The van der Waals surface area contributed by atoms with Crippen LogP contribution in [0, 0.1) is 11.6 Å². The summed E-state index contributed by atoms with van der Waals surface area (Å²) < 4.78 is 74.4. The zero-order chi connectivity index (χ0) is 28.6. The Labute approximate surface area is 226 Å². The summed E-state index contributed by atoms with van der Waals surface area (Å²) in [6.45, 7) is 0.0988. The van der Waals surface area contributed by atoms with Gasteiger partial charge in [0.1, 0.15) is 24.0 Å². The Morgan fingerprint density at radius 3 is 2.38 bits per heavy atom. The lowest BCUT2D eigenvalue weighted by Gasteiger charge is -2.20. The Balaban J connectivity index is 1.61. The average Bonchev–Trinajstić information content (AvgIpc) is 3.56. The molecule has 1 aliphatic heterocycles. The van der Waals surface area contributed by atoms with Crippen LogP contribution in [0.5, 0.6) is 5.75 Å². The lowest BCUT2D eigenvalue weighted by atomic mass is 9.93. The topological polar surface area (TPSA) is 66.8 Å². The minimum Gasteiger partial charge on any atom is -0.488 e. The van der Waals surface area contributed by atoms with Crippen molar-refractivity contribution in [2.75, 3.05) is 11.4 Å². The van der Waals surface area contributed by atoms with Gasteiger partial charge in [-0.25, -0.2) is 13.6 Å². The maximum atomic E-state index is 14.2. The molecule has 0 unspecified atom stereocenters. The summed E-state index contributed by atoms with van der Waals surface area (Å²) in [5.41, 5.74) is 1.35. The number of hydrogen-bond donors (Lipinski definition) is 1. The second-order valence-corrected chi connectivity index (χ2v) is 9.77. The number of benzene rings is 3. The first-order valence-electron chi connectivity index (χ1n) is 12.7. The van der Waals surface area contributed by atoms with Crippen LogP contribution < -0.4 is 9.64 Å². The fourth-order valence-electron chi connectivity index (χ4n) is 5.21. The number of aromatic carboxylic acids is 1. The van der Waals surface area contributed by atoms with Crippen LogP contribution in [0.2, 0.25) is 0 Å². The molecule has 0 aromatic heterocycles. The smallest absolute Gasteiger partial charge is 0.416 e. The Morgan fingerprint density at radius 1 is 0.925 bits per heavy atom. The van der Waals surface area contributed by atoms with Crippen LogP contribution in [0.4, 0.5) is 27.6 Å². The van der Waals surface area contributed by atoms with E-state index in [0.29, 0.717) is 67.1 Å². The summed E-state index contributed by atoms with van der Waals surface area (Å²) in [5.74, 6) is -2.86. The van der Waals surface area contributed by atoms with E-state index in [2.05, 4.69) is 0 Å². The molecule has 1 amide bonds. The van der Waals surface area contributed by atoms with Gasteiger partial charge in [-0.3, -0.25) is 4.79 Å². The van der Waals surface area contributed by atoms with Crippen molar-refractivity contribution in [1.82, 2.24) is 0 Å². The molecule has 1 saturated heterocycles. The van der Waals surface area contributed by atoms with Crippen molar-refractivity contribution < 1.29 is 41.4 Å². The molecule has 1 aliphatic carbocycles. The maximum Gasteiger partial charge on any atom is 0.416 e. The van der Waals surface area contributed by atoms with Crippen LogP contribution in [0.25, 0.3) is 11.1 Å². The molecule has 208 valence electrons. The first kappa shape index (κ1) is 27.4. The number of ether oxygens (including phenoxy) is 1. The second-order valence-electron chi connectivity index (χ2n) is 9.77. The van der Waals surface area contributed by atoms with Crippen LogP contribution in [-0.2, 0) is 17.6 Å². The van der Waals surface area contributed by atoms with Crippen LogP contribution >= 0.6 is 0 Å². The average molecular weight is 558 g/mol. The second kappa shape index (κ2) is 10.7. The summed E-state index contributed by atoms with van der Waals surface area (Å²) in [5, 5.41) is 9.74. The van der Waals surface area contributed by atoms with Gasteiger partial charge in [-0.15, -0.1) is 0 Å². The number of carbonyl (C=O) groups excluding carboxylic acids is 1. The van der Waals surface area contributed by atoms with Crippen molar-refractivity contribution in [1.29, 1.82) is 0 Å². The zero-order valence-electron chi connectivity index (χ0n) is 21.2.